The van der Waals surface area contributed by atoms with Gasteiger partial charge in [-0.05, 0) is 88.4 Å². The Hall–Kier alpha value is -1.91. The van der Waals surface area contributed by atoms with Gasteiger partial charge < -0.3 is 9.64 Å². The van der Waals surface area contributed by atoms with Crippen molar-refractivity contribution in [1.82, 2.24) is 9.88 Å². The van der Waals surface area contributed by atoms with Crippen molar-refractivity contribution in [2.45, 2.75) is 59.0 Å². The van der Waals surface area contributed by atoms with Gasteiger partial charge >= 0.3 is 0 Å². The molecule has 0 atom stereocenters. The Labute approximate surface area is 175 Å². The van der Waals surface area contributed by atoms with Crippen LogP contribution in [-0.2, 0) is 11.3 Å². The van der Waals surface area contributed by atoms with Crippen LogP contribution in [0.1, 0.15) is 49.4 Å². The zero-order chi connectivity index (χ0) is 20.2. The summed E-state index contributed by atoms with van der Waals surface area (Å²) >= 11 is 0. The fourth-order valence-corrected chi connectivity index (χ4v) is 4.79. The van der Waals surface area contributed by atoms with Crippen LogP contribution in [0.15, 0.2) is 30.5 Å². The average Bonchev–Trinajstić information content (AvgIpc) is 3.26. The summed E-state index contributed by atoms with van der Waals surface area (Å²) in [5.74, 6) is 0. The standard InChI is InChI=1S/C25H35N3O/c1-4-28(24-9-13-29-14-10-24)25-16-22(15-19(2)20(25)3)21-7-8-23(26-17-21)18-27-11-5-6-12-27/h7-8,15-17,24H,4-6,9-14,18H2,1-3H3. The summed E-state index contributed by atoms with van der Waals surface area (Å²) in [6.07, 6.45) is 6.94. The summed E-state index contributed by atoms with van der Waals surface area (Å²) in [6.45, 7) is 12.9. The van der Waals surface area contributed by atoms with Crippen LogP contribution in [0, 0.1) is 13.8 Å². The van der Waals surface area contributed by atoms with Gasteiger partial charge in [0.2, 0.25) is 0 Å². The number of nitrogens with zero attached hydrogens (tertiary/aromatic N) is 3. The van der Waals surface area contributed by atoms with Gasteiger partial charge in [0.05, 0.1) is 5.69 Å². The zero-order valence-electron chi connectivity index (χ0n) is 18.3. The molecular formula is C25H35N3O. The van der Waals surface area contributed by atoms with Crippen molar-refractivity contribution < 1.29 is 4.74 Å². The first-order valence-corrected chi connectivity index (χ1v) is 11.3. The van der Waals surface area contributed by atoms with E-state index in [1.165, 1.54) is 59.6 Å². The highest BCUT2D eigenvalue weighted by molar-refractivity contribution is 5.72. The molecule has 0 saturated carbocycles. The second-order valence-electron chi connectivity index (χ2n) is 8.59. The Morgan fingerprint density at radius 1 is 1.07 bits per heavy atom. The van der Waals surface area contributed by atoms with E-state index in [0.29, 0.717) is 6.04 Å². The maximum absolute atomic E-state index is 5.60. The lowest BCUT2D eigenvalue weighted by atomic mass is 9.97. The normalized spacial score (nSPS) is 18.3. The minimum atomic E-state index is 0.572. The van der Waals surface area contributed by atoms with Crippen molar-refractivity contribution >= 4 is 5.69 Å². The van der Waals surface area contributed by atoms with Gasteiger partial charge in [0.1, 0.15) is 0 Å². The molecule has 2 fully saturated rings. The molecule has 3 heterocycles. The van der Waals surface area contributed by atoms with Crippen molar-refractivity contribution in [3.8, 4) is 11.1 Å². The topological polar surface area (TPSA) is 28.6 Å². The van der Waals surface area contributed by atoms with E-state index in [4.69, 9.17) is 9.72 Å². The molecule has 4 heteroatoms. The molecule has 2 saturated heterocycles. The summed E-state index contributed by atoms with van der Waals surface area (Å²) in [4.78, 5) is 9.87. The highest BCUT2D eigenvalue weighted by Gasteiger charge is 2.23. The molecule has 4 nitrogen and oxygen atoms in total. The predicted molar refractivity (Wildman–Crippen MR) is 121 cm³/mol. The quantitative estimate of drug-likeness (QED) is 0.693. The molecule has 0 N–H and O–H groups in total. The van der Waals surface area contributed by atoms with Gasteiger partial charge in [0.15, 0.2) is 0 Å². The molecule has 0 spiro atoms. The molecular weight excluding hydrogens is 358 g/mol. The Morgan fingerprint density at radius 2 is 1.83 bits per heavy atom. The molecule has 1 aromatic carbocycles. The maximum Gasteiger partial charge on any atom is 0.0544 e. The molecule has 0 amide bonds. The van der Waals surface area contributed by atoms with Crippen LogP contribution in [-0.4, -0.2) is 48.8 Å². The molecule has 2 aliphatic rings. The SMILES string of the molecule is CCN(c1cc(-c2ccc(CN3CCCC3)nc2)cc(C)c1C)C1CCOCC1. The van der Waals surface area contributed by atoms with E-state index in [-0.39, 0.29) is 0 Å². The third-order valence-corrected chi connectivity index (χ3v) is 6.66. The maximum atomic E-state index is 5.60. The van der Waals surface area contributed by atoms with E-state index >= 15 is 0 Å². The number of likely N-dealkylation sites (tertiary alicyclic amines) is 1. The van der Waals surface area contributed by atoms with E-state index in [2.05, 4.69) is 61.0 Å². The second-order valence-corrected chi connectivity index (χ2v) is 8.59. The Bertz CT molecular complexity index is 806. The van der Waals surface area contributed by atoms with Gasteiger partial charge in [0.25, 0.3) is 0 Å². The summed E-state index contributed by atoms with van der Waals surface area (Å²) in [6, 6.07) is 9.71. The number of anilines is 1. The minimum Gasteiger partial charge on any atom is -0.381 e. The smallest absolute Gasteiger partial charge is 0.0544 e. The molecule has 2 aromatic rings. The van der Waals surface area contributed by atoms with Gasteiger partial charge in [-0.3, -0.25) is 9.88 Å². The molecule has 0 radical (unpaired) electrons. The second kappa shape index (κ2) is 9.27. The lowest BCUT2D eigenvalue weighted by Crippen LogP contribution is -2.39. The number of aryl methyl sites for hydroxylation is 1. The van der Waals surface area contributed by atoms with Crippen LogP contribution in [0.5, 0.6) is 0 Å². The molecule has 156 valence electrons. The summed E-state index contributed by atoms with van der Waals surface area (Å²) in [5.41, 5.74) is 7.77. The number of ether oxygens (including phenoxy) is 1. The van der Waals surface area contributed by atoms with Crippen LogP contribution in [0.4, 0.5) is 5.69 Å². The van der Waals surface area contributed by atoms with Crippen molar-refractivity contribution in [2.24, 2.45) is 0 Å². The van der Waals surface area contributed by atoms with Crippen molar-refractivity contribution in [2.75, 3.05) is 37.7 Å². The highest BCUT2D eigenvalue weighted by atomic mass is 16.5. The van der Waals surface area contributed by atoms with Crippen molar-refractivity contribution in [3.05, 3.63) is 47.3 Å². The van der Waals surface area contributed by atoms with E-state index < -0.39 is 0 Å². The average molecular weight is 394 g/mol. The van der Waals surface area contributed by atoms with Crippen molar-refractivity contribution in [3.63, 3.8) is 0 Å². The van der Waals surface area contributed by atoms with E-state index in [9.17, 15) is 0 Å². The number of pyridine rings is 1. The number of rotatable bonds is 6. The number of hydrogen-bond acceptors (Lipinski definition) is 4. The molecule has 29 heavy (non-hydrogen) atoms. The predicted octanol–water partition coefficient (Wildman–Crippen LogP) is 4.97. The number of benzene rings is 1. The third-order valence-electron chi connectivity index (χ3n) is 6.66. The summed E-state index contributed by atoms with van der Waals surface area (Å²) < 4.78 is 5.60. The first-order valence-electron chi connectivity index (χ1n) is 11.3. The lowest BCUT2D eigenvalue weighted by Gasteiger charge is -2.37. The van der Waals surface area contributed by atoms with E-state index in [1.807, 2.05) is 0 Å². The Kier molecular flexibility index (Phi) is 6.51. The van der Waals surface area contributed by atoms with Gasteiger partial charge in [-0.15, -0.1) is 0 Å². The monoisotopic (exact) mass is 393 g/mol. The van der Waals surface area contributed by atoms with Gasteiger partial charge in [-0.2, -0.15) is 0 Å². The van der Waals surface area contributed by atoms with E-state index in [1.54, 1.807) is 0 Å². The van der Waals surface area contributed by atoms with Crippen LogP contribution < -0.4 is 4.90 Å². The first kappa shape index (κ1) is 20.4. The van der Waals surface area contributed by atoms with Crippen LogP contribution in [0.3, 0.4) is 0 Å². The van der Waals surface area contributed by atoms with E-state index in [0.717, 1.165) is 39.1 Å². The largest absolute Gasteiger partial charge is 0.381 e. The fraction of sp³-hybridized carbons (Fsp3) is 0.560. The molecule has 1 aromatic heterocycles. The molecule has 0 unspecified atom stereocenters. The number of hydrogen-bond donors (Lipinski definition) is 0. The molecule has 4 rings (SSSR count). The third kappa shape index (κ3) is 4.65. The molecule has 0 bridgehead atoms. The highest BCUT2D eigenvalue weighted by Crippen LogP contribution is 2.33. The van der Waals surface area contributed by atoms with Crippen LogP contribution in [0.25, 0.3) is 11.1 Å². The Balaban J connectivity index is 1.58. The molecule has 2 aliphatic heterocycles. The zero-order valence-corrected chi connectivity index (χ0v) is 18.3. The van der Waals surface area contributed by atoms with Gasteiger partial charge in [0, 0.05) is 49.8 Å². The van der Waals surface area contributed by atoms with Crippen LogP contribution in [0.2, 0.25) is 0 Å². The van der Waals surface area contributed by atoms with Gasteiger partial charge in [-0.1, -0.05) is 12.1 Å². The lowest BCUT2D eigenvalue weighted by molar-refractivity contribution is 0.0846. The summed E-state index contributed by atoms with van der Waals surface area (Å²) in [5, 5.41) is 0. The minimum absolute atomic E-state index is 0.572. The number of aromatic nitrogens is 1. The summed E-state index contributed by atoms with van der Waals surface area (Å²) in [7, 11) is 0. The fourth-order valence-electron chi connectivity index (χ4n) is 4.79. The van der Waals surface area contributed by atoms with Gasteiger partial charge in [-0.25, -0.2) is 0 Å². The molecule has 0 aliphatic carbocycles. The first-order chi connectivity index (χ1) is 14.2. The van der Waals surface area contributed by atoms with Crippen molar-refractivity contribution in [1.29, 1.82) is 0 Å². The van der Waals surface area contributed by atoms with Crippen LogP contribution >= 0.6 is 0 Å². The Morgan fingerprint density at radius 3 is 2.48 bits per heavy atom.